The van der Waals surface area contributed by atoms with Gasteiger partial charge in [-0.2, -0.15) is 8.78 Å². The van der Waals surface area contributed by atoms with Crippen LogP contribution in [0, 0.1) is 5.92 Å². The van der Waals surface area contributed by atoms with Crippen molar-refractivity contribution in [3.63, 3.8) is 0 Å². The monoisotopic (exact) mass is 447 g/mol. The fourth-order valence-corrected chi connectivity index (χ4v) is 4.49. The quantitative estimate of drug-likeness (QED) is 0.622. The second-order valence-corrected chi connectivity index (χ2v) is 9.99. The molecule has 1 aromatic heterocycles. The summed E-state index contributed by atoms with van der Waals surface area (Å²) in [5.74, 6) is -2.47. The highest BCUT2D eigenvalue weighted by Gasteiger charge is 2.45. The van der Waals surface area contributed by atoms with Crippen LogP contribution in [-0.4, -0.2) is 60.0 Å². The maximum atomic E-state index is 14.2. The molecule has 0 unspecified atom stereocenters. The number of halogens is 2. The van der Waals surface area contributed by atoms with Crippen LogP contribution in [0.5, 0.6) is 0 Å². The molecule has 0 aromatic carbocycles. The van der Waals surface area contributed by atoms with Gasteiger partial charge in [0, 0.05) is 18.9 Å². The molecule has 4 rings (SSSR count). The first-order valence-corrected chi connectivity index (χ1v) is 11.7. The standard InChI is InChI=1S/C25H35F2N3O2/c1-5-25(26,27)20-11-7-12-21(29-20)28-18-16-31-19(15-30-13-8-14-30)23(32-24(2,3)4)22(18)17-9-6-10-17/h6-7,9-12,18-19,22-23H,5,8,13-16H2,1-4H3,(H,28,29)/t18-,19+,22+,23-/m0/s1. The predicted molar refractivity (Wildman–Crippen MR) is 122 cm³/mol. The molecule has 0 bridgehead atoms. The molecule has 32 heavy (non-hydrogen) atoms. The third-order valence-electron chi connectivity index (χ3n) is 6.38. The highest BCUT2D eigenvalue weighted by Crippen LogP contribution is 2.38. The van der Waals surface area contributed by atoms with Gasteiger partial charge in [-0.25, -0.2) is 4.98 Å². The topological polar surface area (TPSA) is 46.6 Å². The Morgan fingerprint density at radius 1 is 1.25 bits per heavy atom. The zero-order chi connectivity index (χ0) is 22.9. The van der Waals surface area contributed by atoms with Crippen LogP contribution in [-0.2, 0) is 15.4 Å². The summed E-state index contributed by atoms with van der Waals surface area (Å²) in [6, 6.07) is 4.62. The summed E-state index contributed by atoms with van der Waals surface area (Å²) < 4.78 is 41.4. The number of nitrogens with one attached hydrogen (secondary N) is 1. The van der Waals surface area contributed by atoms with E-state index < -0.39 is 5.92 Å². The minimum absolute atomic E-state index is 0.0383. The van der Waals surface area contributed by atoms with Crippen LogP contribution >= 0.6 is 0 Å². The van der Waals surface area contributed by atoms with Crippen molar-refractivity contribution in [2.24, 2.45) is 5.92 Å². The van der Waals surface area contributed by atoms with Crippen LogP contribution in [0.3, 0.4) is 0 Å². The number of pyridine rings is 1. The fourth-order valence-electron chi connectivity index (χ4n) is 4.49. The second kappa shape index (κ2) is 9.20. The first-order valence-electron chi connectivity index (χ1n) is 11.7. The van der Waals surface area contributed by atoms with Gasteiger partial charge in [0.15, 0.2) is 0 Å². The van der Waals surface area contributed by atoms with Crippen molar-refractivity contribution in [1.82, 2.24) is 9.88 Å². The highest BCUT2D eigenvalue weighted by atomic mass is 19.3. The van der Waals surface area contributed by atoms with Gasteiger partial charge in [-0.05, 0) is 58.0 Å². The number of aromatic nitrogens is 1. The molecule has 2 aliphatic heterocycles. The molecule has 2 saturated heterocycles. The molecular formula is C25H35F2N3O2. The molecular weight excluding hydrogens is 412 g/mol. The molecule has 2 fully saturated rings. The molecule has 1 aromatic rings. The van der Waals surface area contributed by atoms with E-state index in [1.165, 1.54) is 25.0 Å². The van der Waals surface area contributed by atoms with Gasteiger partial charge in [0.1, 0.15) is 11.5 Å². The summed E-state index contributed by atoms with van der Waals surface area (Å²) in [6.07, 6.45) is 6.99. The van der Waals surface area contributed by atoms with E-state index in [9.17, 15) is 8.78 Å². The predicted octanol–water partition coefficient (Wildman–Crippen LogP) is 4.76. The lowest BCUT2D eigenvalue weighted by Crippen LogP contribution is -2.59. The number of nitrogens with zero attached hydrogens (tertiary/aromatic N) is 2. The Morgan fingerprint density at radius 3 is 2.56 bits per heavy atom. The van der Waals surface area contributed by atoms with Crippen LogP contribution in [0.2, 0.25) is 0 Å². The minimum atomic E-state index is -2.94. The molecule has 1 N–H and O–H groups in total. The van der Waals surface area contributed by atoms with Crippen molar-refractivity contribution >= 4 is 5.82 Å². The number of hydrogen-bond acceptors (Lipinski definition) is 5. The molecule has 176 valence electrons. The van der Waals surface area contributed by atoms with Gasteiger partial charge >= 0.3 is 0 Å². The maximum Gasteiger partial charge on any atom is 0.289 e. The number of alkyl halides is 2. The Hall–Kier alpha value is -1.83. The summed E-state index contributed by atoms with van der Waals surface area (Å²) in [7, 11) is 0. The van der Waals surface area contributed by atoms with E-state index in [0.29, 0.717) is 12.4 Å². The Kier molecular flexibility index (Phi) is 6.71. The lowest BCUT2D eigenvalue weighted by atomic mass is 9.78. The molecule has 0 spiro atoms. The van der Waals surface area contributed by atoms with Crippen LogP contribution in [0.4, 0.5) is 14.6 Å². The first kappa shape index (κ1) is 23.3. The summed E-state index contributed by atoms with van der Waals surface area (Å²) in [6.45, 7) is 11.2. The zero-order valence-electron chi connectivity index (χ0n) is 19.5. The summed E-state index contributed by atoms with van der Waals surface area (Å²) in [4.78, 5) is 6.63. The van der Waals surface area contributed by atoms with E-state index >= 15 is 0 Å². The van der Waals surface area contributed by atoms with Gasteiger partial charge in [-0.1, -0.05) is 31.2 Å². The Balaban J connectivity index is 1.58. The van der Waals surface area contributed by atoms with Crippen molar-refractivity contribution in [2.45, 2.75) is 70.3 Å². The van der Waals surface area contributed by atoms with Gasteiger partial charge in [-0.3, -0.25) is 0 Å². The molecule has 0 saturated carbocycles. The van der Waals surface area contributed by atoms with Crippen molar-refractivity contribution < 1.29 is 18.3 Å². The van der Waals surface area contributed by atoms with Gasteiger partial charge in [0.25, 0.3) is 5.92 Å². The molecule has 3 heterocycles. The molecule has 0 amide bonds. The highest BCUT2D eigenvalue weighted by molar-refractivity contribution is 5.44. The molecule has 1 aliphatic carbocycles. The SMILES string of the molecule is CCC(F)(F)c1cccc(N[C@H]2CO[C@H](CN3CCC3)[C@H](OC(C)(C)C)[C@@H]2C2=CC=C2)n1. The van der Waals surface area contributed by atoms with E-state index in [-0.39, 0.29) is 41.9 Å². The van der Waals surface area contributed by atoms with Crippen molar-refractivity contribution in [1.29, 1.82) is 0 Å². The van der Waals surface area contributed by atoms with E-state index in [0.717, 1.165) is 19.6 Å². The molecule has 3 aliphatic rings. The molecule has 4 atom stereocenters. The average molecular weight is 448 g/mol. The van der Waals surface area contributed by atoms with E-state index in [4.69, 9.17) is 9.47 Å². The number of likely N-dealkylation sites (tertiary alicyclic amines) is 1. The lowest BCUT2D eigenvalue weighted by molar-refractivity contribution is -0.180. The van der Waals surface area contributed by atoms with E-state index in [1.807, 2.05) is 6.08 Å². The largest absolute Gasteiger partial charge is 0.372 e. The van der Waals surface area contributed by atoms with Crippen LogP contribution < -0.4 is 5.32 Å². The first-order chi connectivity index (χ1) is 15.2. The zero-order valence-corrected chi connectivity index (χ0v) is 19.5. The average Bonchev–Trinajstić information content (AvgIpc) is 2.66. The van der Waals surface area contributed by atoms with Crippen molar-refractivity contribution in [2.75, 3.05) is 31.6 Å². The summed E-state index contributed by atoms with van der Waals surface area (Å²) >= 11 is 0. The number of rotatable bonds is 8. The van der Waals surface area contributed by atoms with Gasteiger partial charge in [0.05, 0.1) is 30.5 Å². The molecule has 0 radical (unpaired) electrons. The van der Waals surface area contributed by atoms with Crippen LogP contribution in [0.1, 0.15) is 46.2 Å². The Bertz CT molecular complexity index is 861. The van der Waals surface area contributed by atoms with Gasteiger partial charge < -0.3 is 19.7 Å². The molecule has 7 heteroatoms. The van der Waals surface area contributed by atoms with Gasteiger partial charge in [0.2, 0.25) is 0 Å². The number of anilines is 1. The summed E-state index contributed by atoms with van der Waals surface area (Å²) in [5, 5.41) is 3.40. The molecule has 5 nitrogen and oxygen atoms in total. The van der Waals surface area contributed by atoms with Crippen molar-refractivity contribution in [3.8, 4) is 0 Å². The number of hydrogen-bond donors (Lipinski definition) is 1. The smallest absolute Gasteiger partial charge is 0.289 e. The lowest BCUT2D eigenvalue weighted by Gasteiger charge is -2.48. The maximum absolute atomic E-state index is 14.2. The Morgan fingerprint density at radius 2 is 2.00 bits per heavy atom. The van der Waals surface area contributed by atoms with Crippen LogP contribution in [0.15, 0.2) is 42.0 Å². The van der Waals surface area contributed by atoms with Crippen LogP contribution in [0.25, 0.3) is 0 Å². The normalized spacial score (nSPS) is 28.6. The fraction of sp³-hybridized carbons (Fsp3) is 0.640. The van der Waals surface area contributed by atoms with Gasteiger partial charge in [-0.15, -0.1) is 0 Å². The van der Waals surface area contributed by atoms with E-state index in [2.05, 4.69) is 48.1 Å². The van der Waals surface area contributed by atoms with E-state index in [1.54, 1.807) is 12.1 Å². The third kappa shape index (κ3) is 5.21. The van der Waals surface area contributed by atoms with Crippen molar-refractivity contribution in [3.05, 3.63) is 47.7 Å². The Labute approximate surface area is 189 Å². The number of ether oxygens (including phenoxy) is 2. The minimum Gasteiger partial charge on any atom is -0.372 e. The summed E-state index contributed by atoms with van der Waals surface area (Å²) in [5.41, 5.74) is 0.652. The third-order valence-corrected chi connectivity index (χ3v) is 6.38. The second-order valence-electron chi connectivity index (χ2n) is 9.99. The number of allylic oxidation sites excluding steroid dienone is 3.